The number of hydrogen-bond donors (Lipinski definition) is 1. The second kappa shape index (κ2) is 4.53. The minimum Gasteiger partial charge on any atom is -0.321 e. The molecule has 1 fully saturated rings. The third-order valence-corrected chi connectivity index (χ3v) is 3.85. The summed E-state index contributed by atoms with van der Waals surface area (Å²) in [7, 11) is 0. The topological polar surface area (TPSA) is 56.7 Å². The summed E-state index contributed by atoms with van der Waals surface area (Å²) >= 11 is 0. The Morgan fingerprint density at radius 1 is 1.17 bits per heavy atom. The SMILES string of the molecule is NC1(c2cccc(-n3ccnn3)c2)CCCCC1. The number of hydrogen-bond acceptors (Lipinski definition) is 3. The fourth-order valence-electron chi connectivity index (χ4n) is 2.78. The van der Waals surface area contributed by atoms with E-state index in [2.05, 4.69) is 28.5 Å². The van der Waals surface area contributed by atoms with Crippen molar-refractivity contribution in [1.82, 2.24) is 15.0 Å². The van der Waals surface area contributed by atoms with Gasteiger partial charge in [-0.15, -0.1) is 5.10 Å². The molecule has 0 amide bonds. The van der Waals surface area contributed by atoms with E-state index in [9.17, 15) is 0 Å². The fourth-order valence-corrected chi connectivity index (χ4v) is 2.78. The van der Waals surface area contributed by atoms with E-state index in [4.69, 9.17) is 5.73 Å². The monoisotopic (exact) mass is 242 g/mol. The Kier molecular flexibility index (Phi) is 2.88. The molecule has 0 bridgehead atoms. The predicted molar refractivity (Wildman–Crippen MR) is 70.3 cm³/mol. The molecule has 1 saturated carbocycles. The maximum Gasteiger partial charge on any atom is 0.0697 e. The molecule has 4 heteroatoms. The molecular formula is C14H18N4. The van der Waals surface area contributed by atoms with Gasteiger partial charge in [0.15, 0.2) is 0 Å². The van der Waals surface area contributed by atoms with Gasteiger partial charge in [0.1, 0.15) is 0 Å². The Balaban J connectivity index is 1.95. The quantitative estimate of drug-likeness (QED) is 0.879. The molecule has 1 heterocycles. The van der Waals surface area contributed by atoms with Gasteiger partial charge in [0.05, 0.1) is 18.1 Å². The van der Waals surface area contributed by atoms with Gasteiger partial charge in [-0.05, 0) is 30.5 Å². The largest absolute Gasteiger partial charge is 0.321 e. The van der Waals surface area contributed by atoms with E-state index < -0.39 is 0 Å². The highest BCUT2D eigenvalue weighted by Gasteiger charge is 2.29. The zero-order valence-corrected chi connectivity index (χ0v) is 10.4. The van der Waals surface area contributed by atoms with Crippen LogP contribution in [0.15, 0.2) is 36.7 Å². The van der Waals surface area contributed by atoms with Crippen LogP contribution in [0.25, 0.3) is 5.69 Å². The van der Waals surface area contributed by atoms with Crippen molar-refractivity contribution in [2.75, 3.05) is 0 Å². The van der Waals surface area contributed by atoms with E-state index in [1.54, 1.807) is 10.9 Å². The molecule has 0 radical (unpaired) electrons. The van der Waals surface area contributed by atoms with Crippen molar-refractivity contribution in [1.29, 1.82) is 0 Å². The second-order valence-electron chi connectivity index (χ2n) is 5.11. The molecule has 0 saturated heterocycles. The fraction of sp³-hybridized carbons (Fsp3) is 0.429. The molecule has 3 rings (SSSR count). The van der Waals surface area contributed by atoms with Crippen LogP contribution >= 0.6 is 0 Å². The highest BCUT2D eigenvalue weighted by molar-refractivity contribution is 5.38. The molecule has 1 aromatic heterocycles. The number of aromatic nitrogens is 3. The van der Waals surface area contributed by atoms with Crippen molar-refractivity contribution in [2.24, 2.45) is 5.73 Å². The van der Waals surface area contributed by atoms with Gasteiger partial charge < -0.3 is 5.73 Å². The van der Waals surface area contributed by atoms with Gasteiger partial charge in [-0.3, -0.25) is 0 Å². The Bertz CT molecular complexity index is 512. The van der Waals surface area contributed by atoms with E-state index >= 15 is 0 Å². The lowest BCUT2D eigenvalue weighted by Gasteiger charge is -2.34. The molecule has 0 spiro atoms. The minimum atomic E-state index is -0.158. The van der Waals surface area contributed by atoms with Crippen molar-refractivity contribution >= 4 is 0 Å². The highest BCUT2D eigenvalue weighted by atomic mass is 15.4. The molecule has 0 atom stereocenters. The molecule has 0 aliphatic heterocycles. The maximum atomic E-state index is 6.56. The molecule has 4 nitrogen and oxygen atoms in total. The van der Waals surface area contributed by atoms with Crippen LogP contribution in [0.2, 0.25) is 0 Å². The summed E-state index contributed by atoms with van der Waals surface area (Å²) in [5.74, 6) is 0. The first-order valence-corrected chi connectivity index (χ1v) is 6.54. The third-order valence-electron chi connectivity index (χ3n) is 3.85. The summed E-state index contributed by atoms with van der Waals surface area (Å²) in [6, 6.07) is 8.35. The molecule has 1 aromatic carbocycles. The maximum absolute atomic E-state index is 6.56. The first-order valence-electron chi connectivity index (χ1n) is 6.54. The molecule has 2 aromatic rings. The van der Waals surface area contributed by atoms with Crippen molar-refractivity contribution in [3.05, 3.63) is 42.2 Å². The highest BCUT2D eigenvalue weighted by Crippen LogP contribution is 2.35. The number of nitrogens with zero attached hydrogens (tertiary/aromatic N) is 3. The van der Waals surface area contributed by atoms with Crippen LogP contribution in [0.4, 0.5) is 0 Å². The average Bonchev–Trinajstić information content (AvgIpc) is 2.94. The summed E-state index contributed by atoms with van der Waals surface area (Å²) in [4.78, 5) is 0. The van der Waals surface area contributed by atoms with E-state index in [1.807, 2.05) is 12.3 Å². The number of benzene rings is 1. The first kappa shape index (κ1) is 11.4. The third kappa shape index (κ3) is 2.04. The first-order chi connectivity index (χ1) is 8.78. The lowest BCUT2D eigenvalue weighted by Crippen LogP contribution is -2.38. The molecule has 18 heavy (non-hydrogen) atoms. The molecule has 1 aliphatic carbocycles. The Morgan fingerprint density at radius 3 is 2.72 bits per heavy atom. The van der Waals surface area contributed by atoms with Crippen LogP contribution in [-0.2, 0) is 5.54 Å². The number of rotatable bonds is 2. The summed E-state index contributed by atoms with van der Waals surface area (Å²) in [5, 5.41) is 7.86. The van der Waals surface area contributed by atoms with Crippen molar-refractivity contribution in [3.8, 4) is 5.69 Å². The van der Waals surface area contributed by atoms with Gasteiger partial charge >= 0.3 is 0 Å². The van der Waals surface area contributed by atoms with Crippen LogP contribution in [0.1, 0.15) is 37.7 Å². The molecular weight excluding hydrogens is 224 g/mol. The van der Waals surface area contributed by atoms with Gasteiger partial charge in [0.25, 0.3) is 0 Å². The average molecular weight is 242 g/mol. The molecule has 1 aliphatic rings. The second-order valence-corrected chi connectivity index (χ2v) is 5.11. The van der Waals surface area contributed by atoms with E-state index in [0.29, 0.717) is 0 Å². The zero-order chi connectivity index (χ0) is 12.4. The van der Waals surface area contributed by atoms with Crippen LogP contribution in [0.5, 0.6) is 0 Å². The molecule has 0 unspecified atom stereocenters. The van der Waals surface area contributed by atoms with Crippen LogP contribution < -0.4 is 5.73 Å². The van der Waals surface area contributed by atoms with E-state index in [0.717, 1.165) is 18.5 Å². The minimum absolute atomic E-state index is 0.158. The van der Waals surface area contributed by atoms with Crippen LogP contribution in [-0.4, -0.2) is 15.0 Å². The van der Waals surface area contributed by atoms with Gasteiger partial charge in [0, 0.05) is 5.54 Å². The lowest BCUT2D eigenvalue weighted by atomic mass is 9.77. The zero-order valence-electron chi connectivity index (χ0n) is 10.4. The molecule has 2 N–H and O–H groups in total. The lowest BCUT2D eigenvalue weighted by molar-refractivity contribution is 0.302. The molecule has 94 valence electrons. The van der Waals surface area contributed by atoms with E-state index in [-0.39, 0.29) is 5.54 Å². The van der Waals surface area contributed by atoms with Gasteiger partial charge in [-0.1, -0.05) is 36.6 Å². The number of nitrogens with two attached hydrogens (primary N) is 1. The summed E-state index contributed by atoms with van der Waals surface area (Å²) in [6.45, 7) is 0. The standard InChI is InChI=1S/C14H18N4/c15-14(7-2-1-3-8-14)12-5-4-6-13(11-12)18-10-9-16-17-18/h4-6,9-11H,1-3,7-8,15H2. The van der Waals surface area contributed by atoms with Crippen molar-refractivity contribution < 1.29 is 0 Å². The van der Waals surface area contributed by atoms with Crippen LogP contribution in [0, 0.1) is 0 Å². The normalized spacial score (nSPS) is 18.7. The van der Waals surface area contributed by atoms with E-state index in [1.165, 1.54) is 24.8 Å². The summed E-state index contributed by atoms with van der Waals surface area (Å²) in [5.41, 5.74) is 8.65. The Hall–Kier alpha value is -1.68. The summed E-state index contributed by atoms with van der Waals surface area (Å²) in [6.07, 6.45) is 9.45. The van der Waals surface area contributed by atoms with Crippen LogP contribution in [0.3, 0.4) is 0 Å². The Labute approximate surface area is 107 Å². The Morgan fingerprint density at radius 2 is 2.00 bits per heavy atom. The van der Waals surface area contributed by atoms with Crippen molar-refractivity contribution in [2.45, 2.75) is 37.6 Å². The predicted octanol–water partition coefficient (Wildman–Crippen LogP) is 2.39. The van der Waals surface area contributed by atoms with Gasteiger partial charge in [-0.2, -0.15) is 0 Å². The van der Waals surface area contributed by atoms with Gasteiger partial charge in [-0.25, -0.2) is 4.68 Å². The van der Waals surface area contributed by atoms with Crippen molar-refractivity contribution in [3.63, 3.8) is 0 Å². The smallest absolute Gasteiger partial charge is 0.0697 e. The van der Waals surface area contributed by atoms with Gasteiger partial charge in [0.2, 0.25) is 0 Å². The summed E-state index contributed by atoms with van der Waals surface area (Å²) < 4.78 is 1.77.